The van der Waals surface area contributed by atoms with Gasteiger partial charge in [0.2, 0.25) is 0 Å². The SMILES string of the molecule is Cn1cnc2cc(C(=O)N[C@@H](C#N)c3cccc(Cl)c3)ccc21. The van der Waals surface area contributed by atoms with Crippen molar-refractivity contribution in [2.75, 3.05) is 0 Å². The quantitative estimate of drug-likeness (QED) is 0.804. The number of aryl methyl sites for hydroxylation is 1. The summed E-state index contributed by atoms with van der Waals surface area (Å²) in [6, 6.07) is 13.4. The highest BCUT2D eigenvalue weighted by atomic mass is 35.5. The summed E-state index contributed by atoms with van der Waals surface area (Å²) in [6.45, 7) is 0. The topological polar surface area (TPSA) is 70.7 Å². The van der Waals surface area contributed by atoms with Crippen molar-refractivity contribution in [3.05, 3.63) is 64.9 Å². The molecule has 114 valence electrons. The molecule has 0 aliphatic heterocycles. The third-order valence-electron chi connectivity index (χ3n) is 3.57. The molecule has 6 heteroatoms. The molecule has 0 bridgehead atoms. The smallest absolute Gasteiger partial charge is 0.252 e. The van der Waals surface area contributed by atoms with E-state index in [0.717, 1.165) is 11.0 Å². The summed E-state index contributed by atoms with van der Waals surface area (Å²) in [5.41, 5.74) is 2.77. The fourth-order valence-electron chi connectivity index (χ4n) is 2.37. The number of rotatable bonds is 3. The van der Waals surface area contributed by atoms with Crippen LogP contribution < -0.4 is 5.32 Å². The molecule has 0 unspecified atom stereocenters. The number of halogens is 1. The Bertz CT molecular complexity index is 926. The van der Waals surface area contributed by atoms with E-state index in [1.54, 1.807) is 42.7 Å². The lowest BCUT2D eigenvalue weighted by Gasteiger charge is -2.12. The maximum Gasteiger partial charge on any atom is 0.252 e. The molecule has 0 saturated carbocycles. The van der Waals surface area contributed by atoms with Crippen molar-refractivity contribution < 1.29 is 4.79 Å². The molecule has 0 radical (unpaired) electrons. The van der Waals surface area contributed by atoms with Crippen LogP contribution in [0.2, 0.25) is 5.02 Å². The highest BCUT2D eigenvalue weighted by Crippen LogP contribution is 2.19. The predicted octanol–water partition coefficient (Wildman–Crippen LogP) is 3.22. The number of hydrogen-bond acceptors (Lipinski definition) is 3. The average Bonchev–Trinajstić information content (AvgIpc) is 2.93. The Morgan fingerprint density at radius 1 is 1.35 bits per heavy atom. The molecule has 0 saturated heterocycles. The van der Waals surface area contributed by atoms with Crippen LogP contribution in [0.15, 0.2) is 48.8 Å². The monoisotopic (exact) mass is 324 g/mol. The lowest BCUT2D eigenvalue weighted by Crippen LogP contribution is -2.27. The van der Waals surface area contributed by atoms with Crippen LogP contribution in [0.5, 0.6) is 0 Å². The second kappa shape index (κ2) is 6.11. The molecule has 3 rings (SSSR count). The Morgan fingerprint density at radius 2 is 2.17 bits per heavy atom. The van der Waals surface area contributed by atoms with Gasteiger partial charge in [-0.3, -0.25) is 4.79 Å². The van der Waals surface area contributed by atoms with Crippen LogP contribution in [0, 0.1) is 11.3 Å². The van der Waals surface area contributed by atoms with E-state index < -0.39 is 6.04 Å². The van der Waals surface area contributed by atoms with Crippen molar-refractivity contribution >= 4 is 28.5 Å². The Morgan fingerprint density at radius 3 is 2.91 bits per heavy atom. The van der Waals surface area contributed by atoms with Gasteiger partial charge in [0.15, 0.2) is 0 Å². The number of nitriles is 1. The molecule has 0 spiro atoms. The minimum atomic E-state index is -0.763. The summed E-state index contributed by atoms with van der Waals surface area (Å²) in [5, 5.41) is 12.5. The minimum absolute atomic E-state index is 0.330. The number of amides is 1. The van der Waals surface area contributed by atoms with Crippen LogP contribution in [-0.4, -0.2) is 15.5 Å². The van der Waals surface area contributed by atoms with Crippen molar-refractivity contribution in [2.45, 2.75) is 6.04 Å². The predicted molar refractivity (Wildman–Crippen MR) is 88.0 cm³/mol. The van der Waals surface area contributed by atoms with E-state index in [0.29, 0.717) is 16.1 Å². The number of carbonyl (C=O) groups is 1. The van der Waals surface area contributed by atoms with Crippen molar-refractivity contribution in [2.24, 2.45) is 7.05 Å². The van der Waals surface area contributed by atoms with Gasteiger partial charge in [-0.05, 0) is 35.9 Å². The van der Waals surface area contributed by atoms with Gasteiger partial charge in [-0.25, -0.2) is 4.98 Å². The molecule has 0 aliphatic carbocycles. The van der Waals surface area contributed by atoms with Gasteiger partial charge in [0.25, 0.3) is 5.91 Å². The summed E-state index contributed by atoms with van der Waals surface area (Å²) < 4.78 is 1.88. The molecule has 0 aliphatic rings. The lowest BCUT2D eigenvalue weighted by atomic mass is 10.1. The fourth-order valence-corrected chi connectivity index (χ4v) is 2.57. The lowest BCUT2D eigenvalue weighted by molar-refractivity contribution is 0.0945. The van der Waals surface area contributed by atoms with Crippen LogP contribution >= 0.6 is 11.6 Å². The van der Waals surface area contributed by atoms with E-state index in [9.17, 15) is 10.1 Å². The van der Waals surface area contributed by atoms with Crippen molar-refractivity contribution in [3.63, 3.8) is 0 Å². The van der Waals surface area contributed by atoms with E-state index in [4.69, 9.17) is 11.6 Å². The van der Waals surface area contributed by atoms with E-state index in [-0.39, 0.29) is 5.91 Å². The number of aromatic nitrogens is 2. The second-order valence-electron chi connectivity index (χ2n) is 5.15. The van der Waals surface area contributed by atoms with Crippen LogP contribution in [0.3, 0.4) is 0 Å². The zero-order valence-corrected chi connectivity index (χ0v) is 13.1. The van der Waals surface area contributed by atoms with Gasteiger partial charge in [-0.1, -0.05) is 23.7 Å². The highest BCUT2D eigenvalue weighted by molar-refractivity contribution is 6.30. The first-order valence-electron chi connectivity index (χ1n) is 6.95. The van der Waals surface area contributed by atoms with Crippen LogP contribution in [0.25, 0.3) is 11.0 Å². The Labute approximate surface area is 138 Å². The van der Waals surface area contributed by atoms with Crippen LogP contribution in [0.4, 0.5) is 0 Å². The summed E-state index contributed by atoms with van der Waals surface area (Å²) in [7, 11) is 1.89. The first-order chi connectivity index (χ1) is 11.1. The molecule has 5 nitrogen and oxygen atoms in total. The zero-order valence-electron chi connectivity index (χ0n) is 12.3. The molecule has 1 heterocycles. The molecule has 1 atom stereocenters. The van der Waals surface area contributed by atoms with E-state index in [1.165, 1.54) is 0 Å². The molecular formula is C17H13ClN4O. The van der Waals surface area contributed by atoms with Crippen molar-refractivity contribution in [1.29, 1.82) is 5.26 Å². The van der Waals surface area contributed by atoms with Gasteiger partial charge in [0, 0.05) is 17.6 Å². The number of nitrogens with zero attached hydrogens (tertiary/aromatic N) is 3. The van der Waals surface area contributed by atoms with Crippen molar-refractivity contribution in [3.8, 4) is 6.07 Å². The fraction of sp³-hybridized carbons (Fsp3) is 0.118. The average molecular weight is 325 g/mol. The molecule has 1 amide bonds. The van der Waals surface area contributed by atoms with Gasteiger partial charge in [-0.15, -0.1) is 0 Å². The molecule has 1 aromatic heterocycles. The van der Waals surface area contributed by atoms with Crippen LogP contribution in [-0.2, 0) is 7.05 Å². The third-order valence-corrected chi connectivity index (χ3v) is 3.81. The van der Waals surface area contributed by atoms with E-state index in [1.807, 2.05) is 17.7 Å². The normalized spacial score (nSPS) is 11.9. The highest BCUT2D eigenvalue weighted by Gasteiger charge is 2.16. The minimum Gasteiger partial charge on any atom is -0.334 e. The maximum absolute atomic E-state index is 12.4. The van der Waals surface area contributed by atoms with Gasteiger partial charge in [-0.2, -0.15) is 5.26 Å². The first-order valence-corrected chi connectivity index (χ1v) is 7.33. The second-order valence-corrected chi connectivity index (χ2v) is 5.59. The van der Waals surface area contributed by atoms with Crippen LogP contribution in [0.1, 0.15) is 22.0 Å². The Hall–Kier alpha value is -2.84. The summed E-state index contributed by atoms with van der Waals surface area (Å²) >= 11 is 5.93. The number of nitrogens with one attached hydrogen (secondary N) is 1. The number of imidazole rings is 1. The Balaban J connectivity index is 1.85. The van der Waals surface area contributed by atoms with Gasteiger partial charge in [0.1, 0.15) is 6.04 Å². The van der Waals surface area contributed by atoms with Crippen molar-refractivity contribution in [1.82, 2.24) is 14.9 Å². The summed E-state index contributed by atoms with van der Waals surface area (Å²) in [5.74, 6) is -0.330. The molecular weight excluding hydrogens is 312 g/mol. The van der Waals surface area contributed by atoms with E-state index in [2.05, 4.69) is 16.4 Å². The molecule has 3 aromatic rings. The molecule has 2 aromatic carbocycles. The summed E-state index contributed by atoms with van der Waals surface area (Å²) in [4.78, 5) is 16.6. The molecule has 23 heavy (non-hydrogen) atoms. The summed E-state index contributed by atoms with van der Waals surface area (Å²) in [6.07, 6.45) is 1.69. The maximum atomic E-state index is 12.4. The number of fused-ring (bicyclic) bond motifs is 1. The number of hydrogen-bond donors (Lipinski definition) is 1. The first kappa shape index (κ1) is 15.1. The number of carbonyl (C=O) groups excluding carboxylic acids is 1. The standard InChI is InChI=1S/C17H13ClN4O/c1-22-10-20-14-8-12(5-6-16(14)22)17(23)21-15(9-19)11-3-2-4-13(18)7-11/h2-8,10,15H,1H3,(H,21,23)/t15-/m0/s1. The largest absolute Gasteiger partial charge is 0.334 e. The van der Waals surface area contributed by atoms with Gasteiger partial charge in [0.05, 0.1) is 23.4 Å². The van der Waals surface area contributed by atoms with E-state index >= 15 is 0 Å². The zero-order chi connectivity index (χ0) is 16.4. The number of benzene rings is 2. The third kappa shape index (κ3) is 3.03. The molecule has 1 N–H and O–H groups in total. The van der Waals surface area contributed by atoms with Gasteiger partial charge < -0.3 is 9.88 Å². The Kier molecular flexibility index (Phi) is 4.00. The molecule has 0 fully saturated rings. The van der Waals surface area contributed by atoms with Gasteiger partial charge >= 0.3 is 0 Å².